The second-order valence-corrected chi connectivity index (χ2v) is 3.52. The summed E-state index contributed by atoms with van der Waals surface area (Å²) < 4.78 is 0. The third kappa shape index (κ3) is 1.81. The van der Waals surface area contributed by atoms with Gasteiger partial charge in [-0.15, -0.1) is 0 Å². The molecule has 0 saturated heterocycles. The fourth-order valence-electron chi connectivity index (χ4n) is 1.39. The SMILES string of the molecule is Cc1ccc(-c2ncnc(C)c2O)cc1. The van der Waals surface area contributed by atoms with Gasteiger partial charge in [0.2, 0.25) is 0 Å². The Balaban J connectivity index is 2.54. The molecule has 1 heterocycles. The van der Waals surface area contributed by atoms with Crippen LogP contribution in [0.1, 0.15) is 11.3 Å². The van der Waals surface area contributed by atoms with Crippen molar-refractivity contribution < 1.29 is 5.11 Å². The molecule has 0 spiro atoms. The summed E-state index contributed by atoms with van der Waals surface area (Å²) in [5.74, 6) is 0.154. The van der Waals surface area contributed by atoms with Gasteiger partial charge in [0, 0.05) is 5.56 Å². The lowest BCUT2D eigenvalue weighted by molar-refractivity contribution is 0.467. The van der Waals surface area contributed by atoms with Crippen molar-refractivity contribution in [3.05, 3.63) is 41.9 Å². The van der Waals surface area contributed by atoms with E-state index in [1.165, 1.54) is 11.9 Å². The summed E-state index contributed by atoms with van der Waals surface area (Å²) >= 11 is 0. The monoisotopic (exact) mass is 200 g/mol. The van der Waals surface area contributed by atoms with E-state index in [0.29, 0.717) is 11.4 Å². The number of nitrogens with zero attached hydrogens (tertiary/aromatic N) is 2. The Morgan fingerprint density at radius 2 is 1.67 bits per heavy atom. The topological polar surface area (TPSA) is 46.0 Å². The normalized spacial score (nSPS) is 10.3. The van der Waals surface area contributed by atoms with E-state index in [1.54, 1.807) is 6.92 Å². The van der Waals surface area contributed by atoms with Gasteiger partial charge in [-0.2, -0.15) is 0 Å². The van der Waals surface area contributed by atoms with Crippen molar-refractivity contribution in [2.75, 3.05) is 0 Å². The molecule has 1 aromatic carbocycles. The molecule has 0 fully saturated rings. The van der Waals surface area contributed by atoms with Crippen LogP contribution in [0.5, 0.6) is 5.75 Å². The van der Waals surface area contributed by atoms with Crippen LogP contribution in [0.4, 0.5) is 0 Å². The van der Waals surface area contributed by atoms with Crippen molar-refractivity contribution in [3.8, 4) is 17.0 Å². The van der Waals surface area contributed by atoms with Crippen LogP contribution >= 0.6 is 0 Å². The Morgan fingerprint density at radius 1 is 1.00 bits per heavy atom. The quantitative estimate of drug-likeness (QED) is 0.769. The van der Waals surface area contributed by atoms with Crippen molar-refractivity contribution in [2.45, 2.75) is 13.8 Å². The molecule has 0 radical (unpaired) electrons. The van der Waals surface area contributed by atoms with E-state index >= 15 is 0 Å². The molecule has 0 aliphatic rings. The molecule has 0 bridgehead atoms. The highest BCUT2D eigenvalue weighted by atomic mass is 16.3. The first-order chi connectivity index (χ1) is 7.18. The predicted octanol–water partition coefficient (Wildman–Crippen LogP) is 2.47. The van der Waals surface area contributed by atoms with Gasteiger partial charge in [-0.3, -0.25) is 0 Å². The van der Waals surface area contributed by atoms with Gasteiger partial charge in [-0.05, 0) is 13.8 Å². The van der Waals surface area contributed by atoms with Gasteiger partial charge in [0.1, 0.15) is 12.0 Å². The lowest BCUT2D eigenvalue weighted by Gasteiger charge is -2.05. The number of hydrogen-bond acceptors (Lipinski definition) is 3. The molecule has 0 unspecified atom stereocenters. The first-order valence-electron chi connectivity index (χ1n) is 4.76. The standard InChI is InChI=1S/C12H12N2O/c1-8-3-5-10(6-4-8)11-12(15)9(2)13-7-14-11/h3-7,15H,1-2H3. The van der Waals surface area contributed by atoms with Gasteiger partial charge in [0.15, 0.2) is 5.75 Å². The van der Waals surface area contributed by atoms with Crippen LogP contribution in [0.3, 0.4) is 0 Å². The molecule has 0 atom stereocenters. The van der Waals surface area contributed by atoms with Crippen LogP contribution in [0, 0.1) is 13.8 Å². The molecule has 0 saturated carbocycles. The number of rotatable bonds is 1. The molecule has 1 N–H and O–H groups in total. The molecule has 3 heteroatoms. The molecular weight excluding hydrogens is 188 g/mol. The highest BCUT2D eigenvalue weighted by Gasteiger charge is 2.08. The Labute approximate surface area is 88.5 Å². The minimum Gasteiger partial charge on any atom is -0.504 e. The smallest absolute Gasteiger partial charge is 0.163 e. The van der Waals surface area contributed by atoms with Crippen LogP contribution in [0.25, 0.3) is 11.3 Å². The first-order valence-corrected chi connectivity index (χ1v) is 4.76. The Morgan fingerprint density at radius 3 is 2.33 bits per heavy atom. The first kappa shape index (κ1) is 9.65. The van der Waals surface area contributed by atoms with Crippen LogP contribution < -0.4 is 0 Å². The fourth-order valence-corrected chi connectivity index (χ4v) is 1.39. The zero-order chi connectivity index (χ0) is 10.8. The highest BCUT2D eigenvalue weighted by molar-refractivity contribution is 5.66. The molecule has 2 aromatic rings. The van der Waals surface area contributed by atoms with E-state index in [9.17, 15) is 5.11 Å². The third-order valence-corrected chi connectivity index (χ3v) is 2.33. The second kappa shape index (κ2) is 3.69. The summed E-state index contributed by atoms with van der Waals surface area (Å²) in [6.07, 6.45) is 1.46. The molecule has 3 nitrogen and oxygen atoms in total. The van der Waals surface area contributed by atoms with Crippen molar-refractivity contribution in [2.24, 2.45) is 0 Å². The zero-order valence-electron chi connectivity index (χ0n) is 8.73. The van der Waals surface area contributed by atoms with Crippen LogP contribution in [-0.4, -0.2) is 15.1 Å². The maximum atomic E-state index is 9.80. The minimum absolute atomic E-state index is 0.154. The highest BCUT2D eigenvalue weighted by Crippen LogP contribution is 2.27. The van der Waals surface area contributed by atoms with Gasteiger partial charge in [0.05, 0.1) is 5.69 Å². The maximum Gasteiger partial charge on any atom is 0.163 e. The zero-order valence-corrected chi connectivity index (χ0v) is 8.73. The van der Waals surface area contributed by atoms with Gasteiger partial charge in [-0.25, -0.2) is 9.97 Å². The van der Waals surface area contributed by atoms with E-state index in [1.807, 2.05) is 31.2 Å². The summed E-state index contributed by atoms with van der Waals surface area (Å²) in [6, 6.07) is 7.87. The molecule has 1 aromatic heterocycles. The number of hydrogen-bond donors (Lipinski definition) is 1. The summed E-state index contributed by atoms with van der Waals surface area (Å²) in [5, 5.41) is 9.80. The van der Waals surface area contributed by atoms with Gasteiger partial charge >= 0.3 is 0 Å². The van der Waals surface area contributed by atoms with E-state index in [4.69, 9.17) is 0 Å². The van der Waals surface area contributed by atoms with E-state index in [2.05, 4.69) is 9.97 Å². The Kier molecular flexibility index (Phi) is 2.37. The number of aryl methyl sites for hydroxylation is 2. The van der Waals surface area contributed by atoms with Gasteiger partial charge in [-0.1, -0.05) is 29.8 Å². The van der Waals surface area contributed by atoms with E-state index < -0.39 is 0 Å². The Hall–Kier alpha value is -1.90. The largest absolute Gasteiger partial charge is 0.504 e. The van der Waals surface area contributed by atoms with Crippen molar-refractivity contribution in [1.82, 2.24) is 9.97 Å². The second-order valence-electron chi connectivity index (χ2n) is 3.52. The molecule has 15 heavy (non-hydrogen) atoms. The van der Waals surface area contributed by atoms with Crippen molar-refractivity contribution in [1.29, 1.82) is 0 Å². The molecule has 0 amide bonds. The minimum atomic E-state index is 0.154. The maximum absolute atomic E-state index is 9.80. The summed E-state index contributed by atoms with van der Waals surface area (Å²) in [4.78, 5) is 8.00. The van der Waals surface area contributed by atoms with Gasteiger partial charge in [0.25, 0.3) is 0 Å². The summed E-state index contributed by atoms with van der Waals surface area (Å²) in [7, 11) is 0. The van der Waals surface area contributed by atoms with Gasteiger partial charge < -0.3 is 5.11 Å². The molecule has 0 aliphatic carbocycles. The lowest BCUT2D eigenvalue weighted by Crippen LogP contribution is -1.90. The lowest BCUT2D eigenvalue weighted by atomic mass is 10.1. The van der Waals surface area contributed by atoms with Crippen molar-refractivity contribution >= 4 is 0 Å². The van der Waals surface area contributed by atoms with E-state index in [-0.39, 0.29) is 5.75 Å². The fraction of sp³-hybridized carbons (Fsp3) is 0.167. The predicted molar refractivity (Wildman–Crippen MR) is 58.6 cm³/mol. The molecule has 0 aliphatic heterocycles. The average molecular weight is 200 g/mol. The van der Waals surface area contributed by atoms with Crippen LogP contribution in [-0.2, 0) is 0 Å². The molecular formula is C12H12N2O. The molecule has 2 rings (SSSR count). The van der Waals surface area contributed by atoms with E-state index in [0.717, 1.165) is 5.56 Å². The average Bonchev–Trinajstić information content (AvgIpc) is 2.24. The number of aromatic nitrogens is 2. The van der Waals surface area contributed by atoms with Crippen LogP contribution in [0.2, 0.25) is 0 Å². The molecule has 76 valence electrons. The Bertz CT molecular complexity index is 477. The summed E-state index contributed by atoms with van der Waals surface area (Å²) in [5.41, 5.74) is 3.27. The van der Waals surface area contributed by atoms with Crippen LogP contribution in [0.15, 0.2) is 30.6 Å². The summed E-state index contributed by atoms with van der Waals surface area (Å²) in [6.45, 7) is 3.78. The number of aromatic hydroxyl groups is 1. The number of benzene rings is 1. The third-order valence-electron chi connectivity index (χ3n) is 2.33. The van der Waals surface area contributed by atoms with Crippen molar-refractivity contribution in [3.63, 3.8) is 0 Å².